The molecule has 0 saturated carbocycles. The van der Waals surface area contributed by atoms with Crippen LogP contribution in [0, 0.1) is 0 Å². The van der Waals surface area contributed by atoms with Gasteiger partial charge in [0.25, 0.3) is 0 Å². The number of esters is 1. The van der Waals surface area contributed by atoms with Crippen molar-refractivity contribution in [2.24, 2.45) is 0 Å². The van der Waals surface area contributed by atoms with Gasteiger partial charge >= 0.3 is 5.97 Å². The number of aromatic nitrogens is 2. The largest absolute Gasteiger partial charge is 0.465 e. The molecule has 3 rings (SSSR count). The minimum Gasteiger partial charge on any atom is -0.465 e. The Hall–Kier alpha value is -3.00. The van der Waals surface area contributed by atoms with E-state index in [-0.39, 0.29) is 18.3 Å². The summed E-state index contributed by atoms with van der Waals surface area (Å²) < 4.78 is 10.2. The predicted molar refractivity (Wildman–Crippen MR) is 95.6 cm³/mol. The van der Waals surface area contributed by atoms with Crippen LogP contribution >= 0.6 is 11.3 Å². The molecule has 2 aromatic heterocycles. The van der Waals surface area contributed by atoms with E-state index in [1.54, 1.807) is 35.6 Å². The molecule has 0 atom stereocenters. The molecule has 0 fully saturated rings. The molecule has 7 nitrogen and oxygen atoms in total. The van der Waals surface area contributed by atoms with Gasteiger partial charge in [-0.2, -0.15) is 11.3 Å². The van der Waals surface area contributed by atoms with Crippen molar-refractivity contribution in [2.45, 2.75) is 19.4 Å². The highest BCUT2D eigenvalue weighted by atomic mass is 32.1. The van der Waals surface area contributed by atoms with E-state index in [0.29, 0.717) is 30.3 Å². The van der Waals surface area contributed by atoms with Gasteiger partial charge in [0.15, 0.2) is 0 Å². The van der Waals surface area contributed by atoms with Gasteiger partial charge in [-0.3, -0.25) is 4.79 Å². The molecule has 0 aliphatic heterocycles. The number of hydrogen-bond acceptors (Lipinski definition) is 7. The van der Waals surface area contributed by atoms with Crippen LogP contribution in [0.1, 0.15) is 28.2 Å². The molecule has 1 aromatic carbocycles. The highest BCUT2D eigenvalue weighted by molar-refractivity contribution is 7.08. The van der Waals surface area contributed by atoms with Gasteiger partial charge in [-0.05, 0) is 29.1 Å². The van der Waals surface area contributed by atoms with Crippen LogP contribution in [0.4, 0.5) is 0 Å². The predicted octanol–water partition coefficient (Wildman–Crippen LogP) is 2.83. The van der Waals surface area contributed by atoms with Crippen molar-refractivity contribution in [1.82, 2.24) is 15.5 Å². The molecule has 1 amide bonds. The van der Waals surface area contributed by atoms with Crippen molar-refractivity contribution < 1.29 is 18.7 Å². The number of carbonyl (C=O) groups excluding carboxylic acids is 2. The van der Waals surface area contributed by atoms with Crippen LogP contribution in [0.25, 0.3) is 11.5 Å². The van der Waals surface area contributed by atoms with Gasteiger partial charge in [-0.25, -0.2) is 4.79 Å². The lowest BCUT2D eigenvalue weighted by atomic mass is 10.1. The van der Waals surface area contributed by atoms with Gasteiger partial charge in [0, 0.05) is 30.3 Å². The molecule has 0 aliphatic carbocycles. The second-order valence-corrected chi connectivity index (χ2v) is 6.26. The standard InChI is InChI=1S/C18H17N3O4S/c1-24-18(23)13-4-2-12(3-5-13)10-19-15(22)6-7-16-20-21-17(25-16)14-8-9-26-11-14/h2-5,8-9,11H,6-7,10H2,1H3,(H,19,22). The number of thiophene rings is 1. The van der Waals surface area contributed by atoms with Crippen LogP contribution in [0.3, 0.4) is 0 Å². The number of carbonyl (C=O) groups is 2. The molecule has 0 saturated heterocycles. The van der Waals surface area contributed by atoms with Crippen molar-refractivity contribution in [1.29, 1.82) is 0 Å². The van der Waals surface area contributed by atoms with E-state index in [1.165, 1.54) is 7.11 Å². The molecular formula is C18H17N3O4S. The average Bonchev–Trinajstić information content (AvgIpc) is 3.36. The maximum absolute atomic E-state index is 12.0. The second-order valence-electron chi connectivity index (χ2n) is 5.48. The minimum atomic E-state index is -0.387. The number of ether oxygens (including phenoxy) is 1. The van der Waals surface area contributed by atoms with Crippen LogP contribution in [0.2, 0.25) is 0 Å². The number of methoxy groups -OCH3 is 1. The third kappa shape index (κ3) is 4.54. The summed E-state index contributed by atoms with van der Waals surface area (Å²) in [6.45, 7) is 0.379. The summed E-state index contributed by atoms with van der Waals surface area (Å²) in [6, 6.07) is 8.78. The van der Waals surface area contributed by atoms with Crippen LogP contribution in [-0.2, 0) is 22.5 Å². The summed E-state index contributed by atoms with van der Waals surface area (Å²) in [5, 5.41) is 14.6. The SMILES string of the molecule is COC(=O)c1ccc(CNC(=O)CCc2nnc(-c3ccsc3)o2)cc1. The summed E-state index contributed by atoms with van der Waals surface area (Å²) in [5.41, 5.74) is 2.25. The molecule has 3 aromatic rings. The first-order chi connectivity index (χ1) is 12.7. The molecule has 134 valence electrons. The Bertz CT molecular complexity index is 872. The van der Waals surface area contributed by atoms with E-state index >= 15 is 0 Å². The van der Waals surface area contributed by atoms with Gasteiger partial charge in [0.2, 0.25) is 17.7 Å². The zero-order chi connectivity index (χ0) is 18.4. The summed E-state index contributed by atoms with van der Waals surface area (Å²) in [7, 11) is 1.34. The topological polar surface area (TPSA) is 94.3 Å². The number of nitrogens with zero attached hydrogens (tertiary/aromatic N) is 2. The van der Waals surface area contributed by atoms with Gasteiger partial charge in [-0.1, -0.05) is 12.1 Å². The summed E-state index contributed by atoms with van der Waals surface area (Å²) in [6.07, 6.45) is 0.635. The second kappa shape index (κ2) is 8.39. The third-order valence-corrected chi connectivity index (χ3v) is 4.35. The van der Waals surface area contributed by atoms with Crippen LogP contribution < -0.4 is 5.32 Å². The van der Waals surface area contributed by atoms with Crippen LogP contribution in [0.5, 0.6) is 0 Å². The minimum absolute atomic E-state index is 0.114. The zero-order valence-corrected chi connectivity index (χ0v) is 14.9. The Morgan fingerprint density at radius 3 is 2.69 bits per heavy atom. The summed E-state index contributed by atoms with van der Waals surface area (Å²) in [4.78, 5) is 23.3. The zero-order valence-electron chi connectivity index (χ0n) is 14.1. The molecule has 0 bridgehead atoms. The first kappa shape index (κ1) is 17.8. The van der Waals surface area contributed by atoms with Crippen molar-refractivity contribution in [2.75, 3.05) is 7.11 Å². The van der Waals surface area contributed by atoms with E-state index in [0.717, 1.165) is 11.1 Å². The van der Waals surface area contributed by atoms with Gasteiger partial charge in [-0.15, -0.1) is 10.2 Å². The summed E-state index contributed by atoms with van der Waals surface area (Å²) >= 11 is 1.55. The Balaban J connectivity index is 1.45. The Kier molecular flexibility index (Phi) is 5.75. The van der Waals surface area contributed by atoms with Crippen molar-refractivity contribution in [3.63, 3.8) is 0 Å². The molecular weight excluding hydrogens is 354 g/mol. The highest BCUT2D eigenvalue weighted by Gasteiger charge is 2.11. The highest BCUT2D eigenvalue weighted by Crippen LogP contribution is 2.20. The Labute approximate surface area is 154 Å². The quantitative estimate of drug-likeness (QED) is 0.642. The lowest BCUT2D eigenvalue weighted by molar-refractivity contribution is -0.121. The maximum Gasteiger partial charge on any atom is 0.337 e. The van der Waals surface area contributed by atoms with Gasteiger partial charge in [0.05, 0.1) is 12.7 Å². The average molecular weight is 371 g/mol. The van der Waals surface area contributed by atoms with E-state index in [9.17, 15) is 9.59 Å². The number of benzene rings is 1. The van der Waals surface area contributed by atoms with Gasteiger partial charge < -0.3 is 14.5 Å². The molecule has 0 unspecified atom stereocenters. The molecule has 8 heteroatoms. The first-order valence-corrected chi connectivity index (χ1v) is 8.89. The third-order valence-electron chi connectivity index (χ3n) is 3.67. The fourth-order valence-electron chi connectivity index (χ4n) is 2.24. The van der Waals surface area contributed by atoms with Crippen molar-refractivity contribution >= 4 is 23.2 Å². The number of nitrogens with one attached hydrogen (secondary N) is 1. The van der Waals surface area contributed by atoms with Crippen LogP contribution in [0.15, 0.2) is 45.5 Å². The van der Waals surface area contributed by atoms with Gasteiger partial charge in [0.1, 0.15) is 0 Å². The summed E-state index contributed by atoms with van der Waals surface area (Å²) in [5.74, 6) is 0.399. The van der Waals surface area contributed by atoms with E-state index in [2.05, 4.69) is 20.3 Å². The van der Waals surface area contributed by atoms with E-state index < -0.39 is 0 Å². The molecule has 0 aliphatic rings. The fourth-order valence-corrected chi connectivity index (χ4v) is 2.87. The first-order valence-electron chi connectivity index (χ1n) is 7.94. The van der Waals surface area contributed by atoms with Crippen molar-refractivity contribution in [3.05, 3.63) is 58.1 Å². The molecule has 0 spiro atoms. The monoisotopic (exact) mass is 371 g/mol. The lowest BCUT2D eigenvalue weighted by Gasteiger charge is -2.05. The van der Waals surface area contributed by atoms with Crippen molar-refractivity contribution in [3.8, 4) is 11.5 Å². The number of rotatable bonds is 7. The maximum atomic E-state index is 12.0. The number of hydrogen-bond donors (Lipinski definition) is 1. The molecule has 1 N–H and O–H groups in total. The normalized spacial score (nSPS) is 10.5. The molecule has 2 heterocycles. The smallest absolute Gasteiger partial charge is 0.337 e. The number of amides is 1. The van der Waals surface area contributed by atoms with Crippen LogP contribution in [-0.4, -0.2) is 29.2 Å². The molecule has 0 radical (unpaired) electrons. The fraction of sp³-hybridized carbons (Fsp3) is 0.222. The molecule has 26 heavy (non-hydrogen) atoms. The van der Waals surface area contributed by atoms with E-state index in [4.69, 9.17) is 4.42 Å². The Morgan fingerprint density at radius 2 is 2.00 bits per heavy atom. The van der Waals surface area contributed by atoms with E-state index in [1.807, 2.05) is 16.8 Å². The Morgan fingerprint density at radius 1 is 1.19 bits per heavy atom. The lowest BCUT2D eigenvalue weighted by Crippen LogP contribution is -2.23. The number of aryl methyl sites for hydroxylation is 1.